The monoisotopic (exact) mass is 328 g/mol. The molecule has 1 aromatic carbocycles. The van der Waals surface area contributed by atoms with E-state index in [2.05, 4.69) is 22.9 Å². The molecule has 1 unspecified atom stereocenters. The fourth-order valence-corrected chi connectivity index (χ4v) is 4.59. The Kier molecular flexibility index (Phi) is 3.80. The molecule has 3 rings (SSSR count). The Hall–Kier alpha value is -0.620. The van der Waals surface area contributed by atoms with Crippen LogP contribution < -0.4 is 11.3 Å². The number of hydrogen-bond donors (Lipinski definition) is 2. The summed E-state index contributed by atoms with van der Waals surface area (Å²) in [6.45, 7) is 0. The number of nitrogens with one attached hydrogen (secondary N) is 1. The summed E-state index contributed by atoms with van der Waals surface area (Å²) in [4.78, 5) is 1.13. The van der Waals surface area contributed by atoms with Crippen molar-refractivity contribution in [3.8, 4) is 0 Å². The quantitative estimate of drug-likeness (QED) is 0.534. The standard InChI is InChI=1S/C13H10Cl2N2S2/c14-7-1-2-9(15)8(5-7)13(17-16)12-6-11-10(19-12)3-4-18-11/h1-6,13,17H,16H2. The second-order valence-corrected chi connectivity index (χ2v) is 6.97. The Morgan fingerprint density at radius 1 is 1.11 bits per heavy atom. The second kappa shape index (κ2) is 5.40. The molecule has 1 atom stereocenters. The lowest BCUT2D eigenvalue weighted by atomic mass is 10.1. The van der Waals surface area contributed by atoms with Crippen molar-refractivity contribution in [2.24, 2.45) is 5.84 Å². The van der Waals surface area contributed by atoms with Gasteiger partial charge in [-0.2, -0.15) is 0 Å². The van der Waals surface area contributed by atoms with E-state index in [4.69, 9.17) is 29.0 Å². The third-order valence-electron chi connectivity index (χ3n) is 2.88. The summed E-state index contributed by atoms with van der Waals surface area (Å²) in [6, 6.07) is 9.53. The first kappa shape index (κ1) is 13.4. The van der Waals surface area contributed by atoms with Crippen molar-refractivity contribution in [2.45, 2.75) is 6.04 Å². The van der Waals surface area contributed by atoms with Crippen LogP contribution in [0.2, 0.25) is 10.0 Å². The molecule has 0 spiro atoms. The van der Waals surface area contributed by atoms with Crippen LogP contribution in [0.1, 0.15) is 16.5 Å². The van der Waals surface area contributed by atoms with Crippen LogP contribution in [-0.4, -0.2) is 0 Å². The van der Waals surface area contributed by atoms with Gasteiger partial charge in [-0.15, -0.1) is 22.7 Å². The van der Waals surface area contributed by atoms with Crippen LogP contribution in [0.5, 0.6) is 0 Å². The maximum absolute atomic E-state index is 6.25. The van der Waals surface area contributed by atoms with Gasteiger partial charge >= 0.3 is 0 Å². The molecule has 3 aromatic rings. The lowest BCUT2D eigenvalue weighted by molar-refractivity contribution is 0.647. The van der Waals surface area contributed by atoms with E-state index in [0.29, 0.717) is 10.0 Å². The molecule has 2 aromatic heterocycles. The van der Waals surface area contributed by atoms with E-state index in [0.717, 1.165) is 10.4 Å². The SMILES string of the molecule is NNC(c1cc2sccc2s1)c1cc(Cl)ccc1Cl. The van der Waals surface area contributed by atoms with Crippen molar-refractivity contribution < 1.29 is 0 Å². The van der Waals surface area contributed by atoms with Crippen molar-refractivity contribution in [3.05, 3.63) is 56.2 Å². The molecule has 3 N–H and O–H groups in total. The number of rotatable bonds is 3. The average Bonchev–Trinajstić information content (AvgIpc) is 2.95. The Morgan fingerprint density at radius 2 is 1.95 bits per heavy atom. The summed E-state index contributed by atoms with van der Waals surface area (Å²) in [5.74, 6) is 5.70. The minimum absolute atomic E-state index is 0.143. The highest BCUT2D eigenvalue weighted by Crippen LogP contribution is 2.38. The lowest BCUT2D eigenvalue weighted by Crippen LogP contribution is -2.28. The Bertz CT molecular complexity index is 692. The predicted octanol–water partition coefficient (Wildman–Crippen LogP) is 4.82. The first-order valence-corrected chi connectivity index (χ1v) is 8.02. The van der Waals surface area contributed by atoms with Crippen LogP contribution in [0, 0.1) is 0 Å². The molecule has 0 aliphatic carbocycles. The first-order chi connectivity index (χ1) is 9.19. The van der Waals surface area contributed by atoms with E-state index in [1.165, 1.54) is 9.40 Å². The number of fused-ring (bicyclic) bond motifs is 1. The third kappa shape index (κ3) is 2.52. The van der Waals surface area contributed by atoms with Crippen molar-refractivity contribution in [2.75, 3.05) is 0 Å². The molecule has 98 valence electrons. The molecule has 0 bridgehead atoms. The maximum atomic E-state index is 6.25. The van der Waals surface area contributed by atoms with Gasteiger partial charge < -0.3 is 0 Å². The molecule has 0 saturated heterocycles. The van der Waals surface area contributed by atoms with Crippen molar-refractivity contribution in [1.82, 2.24) is 5.43 Å². The van der Waals surface area contributed by atoms with E-state index < -0.39 is 0 Å². The van der Waals surface area contributed by atoms with E-state index in [1.54, 1.807) is 34.8 Å². The van der Waals surface area contributed by atoms with E-state index >= 15 is 0 Å². The van der Waals surface area contributed by atoms with Crippen LogP contribution in [-0.2, 0) is 0 Å². The van der Waals surface area contributed by atoms with Crippen LogP contribution in [0.4, 0.5) is 0 Å². The average molecular weight is 329 g/mol. The number of thiophene rings is 2. The zero-order chi connectivity index (χ0) is 13.4. The molecular weight excluding hydrogens is 319 g/mol. The van der Waals surface area contributed by atoms with E-state index in [1.807, 2.05) is 6.07 Å². The van der Waals surface area contributed by atoms with Gasteiger partial charge in [-0.25, -0.2) is 5.43 Å². The van der Waals surface area contributed by atoms with Gasteiger partial charge in [-0.1, -0.05) is 23.2 Å². The van der Waals surface area contributed by atoms with Crippen LogP contribution in [0.25, 0.3) is 9.40 Å². The first-order valence-electron chi connectivity index (χ1n) is 5.57. The highest BCUT2D eigenvalue weighted by molar-refractivity contribution is 7.27. The van der Waals surface area contributed by atoms with Crippen molar-refractivity contribution >= 4 is 55.3 Å². The zero-order valence-electron chi connectivity index (χ0n) is 9.69. The Balaban J connectivity index is 2.09. The van der Waals surface area contributed by atoms with Gasteiger partial charge in [0.1, 0.15) is 0 Å². The smallest absolute Gasteiger partial charge is 0.0818 e. The van der Waals surface area contributed by atoms with Gasteiger partial charge in [0.2, 0.25) is 0 Å². The highest BCUT2D eigenvalue weighted by atomic mass is 35.5. The molecule has 19 heavy (non-hydrogen) atoms. The van der Waals surface area contributed by atoms with E-state index in [-0.39, 0.29) is 6.04 Å². The molecule has 0 aliphatic rings. The molecule has 2 nitrogen and oxygen atoms in total. The Labute approximate surface area is 128 Å². The summed E-state index contributed by atoms with van der Waals surface area (Å²) in [7, 11) is 0. The number of nitrogens with two attached hydrogens (primary N) is 1. The highest BCUT2D eigenvalue weighted by Gasteiger charge is 2.18. The van der Waals surface area contributed by atoms with Gasteiger partial charge in [0.25, 0.3) is 0 Å². The minimum atomic E-state index is -0.143. The summed E-state index contributed by atoms with van der Waals surface area (Å²) in [6.07, 6.45) is 0. The fourth-order valence-electron chi connectivity index (χ4n) is 1.99. The number of hydrogen-bond acceptors (Lipinski definition) is 4. The van der Waals surface area contributed by atoms with Gasteiger partial charge in [-0.05, 0) is 41.3 Å². The van der Waals surface area contributed by atoms with Crippen LogP contribution >= 0.6 is 45.9 Å². The van der Waals surface area contributed by atoms with Crippen molar-refractivity contribution in [3.63, 3.8) is 0 Å². The second-order valence-electron chi connectivity index (χ2n) is 4.06. The minimum Gasteiger partial charge on any atom is -0.271 e. The largest absolute Gasteiger partial charge is 0.271 e. The third-order valence-corrected chi connectivity index (χ3v) is 5.62. The molecule has 0 amide bonds. The summed E-state index contributed by atoms with van der Waals surface area (Å²) in [5.41, 5.74) is 3.72. The molecule has 0 aliphatic heterocycles. The summed E-state index contributed by atoms with van der Waals surface area (Å²) in [5, 5.41) is 3.39. The van der Waals surface area contributed by atoms with E-state index in [9.17, 15) is 0 Å². The number of benzene rings is 1. The van der Waals surface area contributed by atoms with Crippen molar-refractivity contribution in [1.29, 1.82) is 0 Å². The molecule has 6 heteroatoms. The maximum Gasteiger partial charge on any atom is 0.0818 e. The predicted molar refractivity (Wildman–Crippen MR) is 85.3 cm³/mol. The Morgan fingerprint density at radius 3 is 2.68 bits per heavy atom. The van der Waals surface area contributed by atoms with Gasteiger partial charge in [-0.3, -0.25) is 5.84 Å². The molecular formula is C13H10Cl2N2S2. The van der Waals surface area contributed by atoms with Gasteiger partial charge in [0.15, 0.2) is 0 Å². The molecule has 0 fully saturated rings. The summed E-state index contributed by atoms with van der Waals surface area (Å²) < 4.78 is 2.52. The molecule has 0 radical (unpaired) electrons. The normalized spacial score (nSPS) is 13.0. The van der Waals surface area contributed by atoms with Crippen LogP contribution in [0.15, 0.2) is 35.7 Å². The topological polar surface area (TPSA) is 38.0 Å². The van der Waals surface area contributed by atoms with Gasteiger partial charge in [0, 0.05) is 24.3 Å². The lowest BCUT2D eigenvalue weighted by Gasteiger charge is -2.16. The zero-order valence-corrected chi connectivity index (χ0v) is 12.8. The van der Waals surface area contributed by atoms with Crippen LogP contribution in [0.3, 0.4) is 0 Å². The molecule has 0 saturated carbocycles. The van der Waals surface area contributed by atoms with Gasteiger partial charge in [0.05, 0.1) is 6.04 Å². The molecule has 2 heterocycles. The fraction of sp³-hybridized carbons (Fsp3) is 0.0769. The number of hydrazine groups is 1. The number of halogens is 2. The summed E-state index contributed by atoms with van der Waals surface area (Å²) >= 11 is 15.7.